The van der Waals surface area contributed by atoms with Crippen molar-refractivity contribution in [2.45, 2.75) is 24.5 Å². The predicted octanol–water partition coefficient (Wildman–Crippen LogP) is -1.30. The first-order valence-corrected chi connectivity index (χ1v) is 6.07. The number of alkyl halides is 1. The van der Waals surface area contributed by atoms with Gasteiger partial charge in [0.15, 0.2) is 6.23 Å². The molecular formula is C9H16ClN3O6. The molecule has 0 spiro atoms. The number of nitroso groups, excluding NO2 is 1. The number of halogens is 1. The third kappa shape index (κ3) is 3.31. The van der Waals surface area contributed by atoms with Gasteiger partial charge in [0.2, 0.25) is 0 Å². The lowest BCUT2D eigenvalue weighted by atomic mass is 10.1. The third-order valence-corrected chi connectivity index (χ3v) is 2.99. The maximum atomic E-state index is 11.9. The highest BCUT2D eigenvalue weighted by Crippen LogP contribution is 2.23. The molecule has 19 heavy (non-hydrogen) atoms. The van der Waals surface area contributed by atoms with Crippen LogP contribution in [0.4, 0.5) is 4.79 Å². The van der Waals surface area contributed by atoms with Crippen LogP contribution >= 0.6 is 11.6 Å². The highest BCUT2D eigenvalue weighted by atomic mass is 35.5. The van der Waals surface area contributed by atoms with Gasteiger partial charge in [-0.15, -0.1) is 16.5 Å². The molecule has 1 saturated heterocycles. The quantitative estimate of drug-likeness (QED) is 0.329. The number of likely N-dealkylation sites (N-methyl/N-ethyl adjacent to an activating group) is 1. The second-order valence-corrected chi connectivity index (χ2v) is 4.39. The van der Waals surface area contributed by atoms with Crippen LogP contribution in [0.5, 0.6) is 0 Å². The highest BCUT2D eigenvalue weighted by Gasteiger charge is 2.46. The molecule has 10 heteroatoms. The third-order valence-electron chi connectivity index (χ3n) is 2.82. The van der Waals surface area contributed by atoms with Crippen molar-refractivity contribution in [3.8, 4) is 0 Å². The Morgan fingerprint density at radius 2 is 2.05 bits per heavy atom. The summed E-state index contributed by atoms with van der Waals surface area (Å²) in [5.74, 6) is 0.0152. The Balaban J connectivity index is 2.74. The molecule has 4 atom stereocenters. The number of amides is 2. The van der Waals surface area contributed by atoms with Gasteiger partial charge in [-0.25, -0.2) is 4.79 Å². The molecule has 1 rings (SSSR count). The zero-order chi connectivity index (χ0) is 14.6. The van der Waals surface area contributed by atoms with Gasteiger partial charge in [-0.3, -0.25) is 4.90 Å². The number of aliphatic hydroxyl groups excluding tert-OH is 3. The number of ether oxygens (including phenoxy) is 1. The lowest BCUT2D eigenvalue weighted by Gasteiger charge is -2.28. The van der Waals surface area contributed by atoms with Crippen LogP contribution in [0.3, 0.4) is 0 Å². The topological polar surface area (TPSA) is 123 Å². The molecule has 0 bridgehead atoms. The van der Waals surface area contributed by atoms with Crippen LogP contribution in [0, 0.1) is 4.91 Å². The molecule has 1 aliphatic rings. The second kappa shape index (κ2) is 6.96. The summed E-state index contributed by atoms with van der Waals surface area (Å²) in [6.07, 6.45) is -4.90. The zero-order valence-corrected chi connectivity index (χ0v) is 11.0. The van der Waals surface area contributed by atoms with Crippen LogP contribution in [0.2, 0.25) is 0 Å². The number of carbonyl (C=O) groups is 1. The molecule has 2 amide bonds. The van der Waals surface area contributed by atoms with Gasteiger partial charge in [0, 0.05) is 12.9 Å². The first-order valence-electron chi connectivity index (χ1n) is 5.54. The number of aliphatic hydroxyl groups is 3. The first-order chi connectivity index (χ1) is 8.97. The van der Waals surface area contributed by atoms with E-state index in [9.17, 15) is 19.9 Å². The number of carbonyl (C=O) groups excluding carboxylic acids is 1. The summed E-state index contributed by atoms with van der Waals surface area (Å²) >= 11 is 5.42. The van der Waals surface area contributed by atoms with E-state index in [2.05, 4.69) is 5.29 Å². The molecule has 1 aliphatic heterocycles. The molecule has 0 aliphatic carbocycles. The van der Waals surface area contributed by atoms with Crippen LogP contribution < -0.4 is 0 Å². The fraction of sp³-hybridized carbons (Fsp3) is 0.889. The molecule has 0 aromatic rings. The zero-order valence-electron chi connectivity index (χ0n) is 10.2. The van der Waals surface area contributed by atoms with Gasteiger partial charge >= 0.3 is 6.03 Å². The van der Waals surface area contributed by atoms with Crippen molar-refractivity contribution in [3.05, 3.63) is 4.91 Å². The number of hydrogen-bond donors (Lipinski definition) is 3. The average Bonchev–Trinajstić information content (AvgIpc) is 2.70. The van der Waals surface area contributed by atoms with Crippen LogP contribution in [0.25, 0.3) is 0 Å². The average molecular weight is 298 g/mol. The largest absolute Gasteiger partial charge is 0.394 e. The van der Waals surface area contributed by atoms with E-state index in [-0.39, 0.29) is 12.4 Å². The van der Waals surface area contributed by atoms with Crippen molar-refractivity contribution in [3.63, 3.8) is 0 Å². The summed E-state index contributed by atoms with van der Waals surface area (Å²) in [4.78, 5) is 23.3. The summed E-state index contributed by atoms with van der Waals surface area (Å²) in [6, 6.07) is -0.828. The van der Waals surface area contributed by atoms with Crippen molar-refractivity contribution >= 4 is 17.6 Å². The predicted molar refractivity (Wildman–Crippen MR) is 64.1 cm³/mol. The van der Waals surface area contributed by atoms with Crippen LogP contribution in [-0.4, -0.2) is 81.9 Å². The maximum Gasteiger partial charge on any atom is 0.344 e. The van der Waals surface area contributed by atoms with E-state index in [0.29, 0.717) is 5.01 Å². The van der Waals surface area contributed by atoms with E-state index in [0.717, 1.165) is 4.90 Å². The van der Waals surface area contributed by atoms with Crippen molar-refractivity contribution in [2.75, 3.05) is 26.1 Å². The summed E-state index contributed by atoms with van der Waals surface area (Å²) < 4.78 is 5.14. The first kappa shape index (κ1) is 16.1. The number of urea groups is 1. The number of hydrogen-bond acceptors (Lipinski definition) is 7. The van der Waals surface area contributed by atoms with Crippen LogP contribution in [-0.2, 0) is 4.74 Å². The smallest absolute Gasteiger partial charge is 0.344 e. The Kier molecular flexibility index (Phi) is 5.88. The molecule has 0 aromatic carbocycles. The Bertz CT molecular complexity index is 333. The maximum absolute atomic E-state index is 11.9. The van der Waals surface area contributed by atoms with Gasteiger partial charge in [-0.05, 0) is 0 Å². The van der Waals surface area contributed by atoms with Crippen molar-refractivity contribution in [2.24, 2.45) is 5.29 Å². The van der Waals surface area contributed by atoms with E-state index >= 15 is 0 Å². The van der Waals surface area contributed by atoms with Gasteiger partial charge in [0.1, 0.15) is 18.3 Å². The van der Waals surface area contributed by atoms with Crippen molar-refractivity contribution < 1.29 is 24.9 Å². The van der Waals surface area contributed by atoms with Crippen LogP contribution in [0.15, 0.2) is 5.29 Å². The summed E-state index contributed by atoms with van der Waals surface area (Å²) in [6.45, 7) is -0.600. The Labute approximate surface area is 114 Å². The van der Waals surface area contributed by atoms with E-state index in [1.54, 1.807) is 0 Å². The minimum Gasteiger partial charge on any atom is -0.394 e. The Hall–Kier alpha value is -1.00. The van der Waals surface area contributed by atoms with Gasteiger partial charge < -0.3 is 20.1 Å². The SMILES string of the molecule is CN(C(=O)N(CCCl)N=O)C1O[C@H](CO)[C@@H](O)[C@H]1O. The standard InChI is InChI=1S/C9H16ClN3O6/c1-12(9(17)13(11-18)3-2-10)8-7(16)6(15)5(4-14)19-8/h5-8,14-16H,2-4H2,1H3/t5-,6-,7-,8?/m1/s1. The van der Waals surface area contributed by atoms with Gasteiger partial charge in [-0.2, -0.15) is 5.01 Å². The second-order valence-electron chi connectivity index (χ2n) is 4.02. The molecule has 0 radical (unpaired) electrons. The van der Waals surface area contributed by atoms with E-state index in [4.69, 9.17) is 21.4 Å². The Morgan fingerprint density at radius 3 is 2.47 bits per heavy atom. The lowest BCUT2D eigenvalue weighted by Crippen LogP contribution is -2.49. The monoisotopic (exact) mass is 297 g/mol. The molecule has 1 fully saturated rings. The molecule has 9 nitrogen and oxygen atoms in total. The van der Waals surface area contributed by atoms with E-state index in [1.165, 1.54) is 7.05 Å². The minimum absolute atomic E-state index is 0.0152. The van der Waals surface area contributed by atoms with Crippen LogP contribution in [0.1, 0.15) is 0 Å². The molecule has 1 unspecified atom stereocenters. The molecule has 0 aromatic heterocycles. The molecule has 0 saturated carbocycles. The minimum atomic E-state index is -1.39. The number of nitrogens with zero attached hydrogens (tertiary/aromatic N) is 3. The molecule has 110 valence electrons. The van der Waals surface area contributed by atoms with E-state index < -0.39 is 37.2 Å². The van der Waals surface area contributed by atoms with E-state index in [1.807, 2.05) is 0 Å². The van der Waals surface area contributed by atoms with Gasteiger partial charge in [0.05, 0.1) is 18.4 Å². The molecule has 1 heterocycles. The van der Waals surface area contributed by atoms with Crippen molar-refractivity contribution in [1.29, 1.82) is 0 Å². The number of rotatable bonds is 5. The molecular weight excluding hydrogens is 282 g/mol. The summed E-state index contributed by atoms with van der Waals surface area (Å²) in [5.41, 5.74) is 0. The highest BCUT2D eigenvalue weighted by molar-refractivity contribution is 6.18. The summed E-state index contributed by atoms with van der Waals surface area (Å²) in [7, 11) is 1.27. The van der Waals surface area contributed by atoms with Crippen molar-refractivity contribution in [1.82, 2.24) is 9.91 Å². The van der Waals surface area contributed by atoms with Gasteiger partial charge in [-0.1, -0.05) is 0 Å². The fourth-order valence-electron chi connectivity index (χ4n) is 1.74. The fourth-order valence-corrected chi connectivity index (χ4v) is 1.90. The normalized spacial score (nSPS) is 30.2. The summed E-state index contributed by atoms with van der Waals surface area (Å²) in [5, 5.41) is 31.3. The Morgan fingerprint density at radius 1 is 1.42 bits per heavy atom. The molecule has 3 N–H and O–H groups in total. The lowest BCUT2D eigenvalue weighted by molar-refractivity contribution is -0.0753. The van der Waals surface area contributed by atoms with Gasteiger partial charge in [0.25, 0.3) is 0 Å².